The van der Waals surface area contributed by atoms with E-state index in [2.05, 4.69) is 26.6 Å². The molecule has 0 aliphatic heterocycles. The molecule has 0 heterocycles. The molecule has 0 spiro atoms. The number of ether oxygens (including phenoxy) is 1. The maximum atomic E-state index is 11.5. The first-order valence-electron chi connectivity index (χ1n) is 6.54. The summed E-state index contributed by atoms with van der Waals surface area (Å²) in [5.41, 5.74) is 1.08. The van der Waals surface area contributed by atoms with E-state index in [-0.39, 0.29) is 5.91 Å². The number of benzene rings is 1. The highest BCUT2D eigenvalue weighted by Crippen LogP contribution is 2.23. The van der Waals surface area contributed by atoms with Gasteiger partial charge in [-0.3, -0.25) is 4.79 Å². The molecule has 0 bridgehead atoms. The summed E-state index contributed by atoms with van der Waals surface area (Å²) < 4.78 is 6.72. The van der Waals surface area contributed by atoms with E-state index < -0.39 is 0 Å². The molecule has 2 N–H and O–H groups in total. The molecule has 0 unspecified atom stereocenters. The van der Waals surface area contributed by atoms with E-state index in [4.69, 9.17) is 4.74 Å². The third kappa shape index (κ3) is 4.84. The molecule has 2 rings (SSSR count). The van der Waals surface area contributed by atoms with Crippen molar-refractivity contribution < 1.29 is 9.53 Å². The van der Waals surface area contributed by atoms with E-state index in [1.54, 1.807) is 0 Å². The zero-order valence-electron chi connectivity index (χ0n) is 11.0. The molecular formula is C14H19BrN2O2. The van der Waals surface area contributed by atoms with Gasteiger partial charge in [-0.25, -0.2) is 0 Å². The quantitative estimate of drug-likeness (QED) is 0.807. The van der Waals surface area contributed by atoms with Crippen LogP contribution in [0.3, 0.4) is 0 Å². The van der Waals surface area contributed by atoms with Gasteiger partial charge in [0.2, 0.25) is 5.91 Å². The molecule has 1 aliphatic carbocycles. The Bertz CT molecular complexity index is 447. The average Bonchev–Trinajstić information content (AvgIpc) is 3.16. The highest BCUT2D eigenvalue weighted by atomic mass is 79.9. The fourth-order valence-corrected chi connectivity index (χ4v) is 2.21. The summed E-state index contributed by atoms with van der Waals surface area (Å²) in [5.74, 6) is 0.909. The first kappa shape index (κ1) is 14.3. The largest absolute Gasteiger partial charge is 0.493 e. The van der Waals surface area contributed by atoms with Gasteiger partial charge in [-0.1, -0.05) is 15.9 Å². The Balaban J connectivity index is 1.82. The summed E-state index contributed by atoms with van der Waals surface area (Å²) in [6.45, 7) is 1.15. The number of hydrogen-bond acceptors (Lipinski definition) is 3. The van der Waals surface area contributed by atoms with Crippen molar-refractivity contribution in [2.45, 2.75) is 31.8 Å². The summed E-state index contributed by atoms with van der Waals surface area (Å²) >= 11 is 3.44. The van der Waals surface area contributed by atoms with Crippen molar-refractivity contribution in [1.82, 2.24) is 10.6 Å². The van der Waals surface area contributed by atoms with Gasteiger partial charge in [-0.05, 0) is 38.1 Å². The summed E-state index contributed by atoms with van der Waals surface area (Å²) in [6.07, 6.45) is 2.64. The minimum absolute atomic E-state index is 0.0785. The van der Waals surface area contributed by atoms with Crippen LogP contribution in [0.15, 0.2) is 22.7 Å². The van der Waals surface area contributed by atoms with E-state index in [0.29, 0.717) is 19.1 Å². The summed E-state index contributed by atoms with van der Waals surface area (Å²) in [4.78, 5) is 11.5. The molecule has 1 amide bonds. The van der Waals surface area contributed by atoms with Crippen LogP contribution in [0.5, 0.6) is 5.75 Å². The number of nitrogens with one attached hydrogen (secondary N) is 2. The van der Waals surface area contributed by atoms with Gasteiger partial charge in [0, 0.05) is 22.6 Å². The maximum absolute atomic E-state index is 11.5. The lowest BCUT2D eigenvalue weighted by atomic mass is 10.2. The molecule has 5 heteroatoms. The maximum Gasteiger partial charge on any atom is 0.223 e. The Morgan fingerprint density at radius 3 is 2.95 bits per heavy atom. The molecule has 104 valence electrons. The van der Waals surface area contributed by atoms with Crippen LogP contribution in [0.1, 0.15) is 24.8 Å². The van der Waals surface area contributed by atoms with Gasteiger partial charge in [0.15, 0.2) is 0 Å². The lowest BCUT2D eigenvalue weighted by Crippen LogP contribution is -2.26. The predicted octanol–water partition coefficient (Wildman–Crippen LogP) is 2.22. The number of amides is 1. The molecule has 4 nitrogen and oxygen atoms in total. The van der Waals surface area contributed by atoms with E-state index in [0.717, 1.165) is 35.2 Å². The van der Waals surface area contributed by atoms with E-state index in [1.165, 1.54) is 0 Å². The van der Waals surface area contributed by atoms with Crippen molar-refractivity contribution in [2.75, 3.05) is 13.7 Å². The first-order chi connectivity index (χ1) is 9.19. The Labute approximate surface area is 122 Å². The topological polar surface area (TPSA) is 50.4 Å². The van der Waals surface area contributed by atoms with E-state index in [1.807, 2.05) is 25.2 Å². The smallest absolute Gasteiger partial charge is 0.223 e. The average molecular weight is 327 g/mol. The fraction of sp³-hybridized carbons (Fsp3) is 0.500. The van der Waals surface area contributed by atoms with Gasteiger partial charge in [0.05, 0.1) is 13.0 Å². The van der Waals surface area contributed by atoms with Crippen molar-refractivity contribution in [3.8, 4) is 5.75 Å². The van der Waals surface area contributed by atoms with Gasteiger partial charge in [0.25, 0.3) is 0 Å². The number of carbonyl (C=O) groups is 1. The fourth-order valence-electron chi connectivity index (χ4n) is 1.80. The molecule has 1 aromatic carbocycles. The summed E-state index contributed by atoms with van der Waals surface area (Å²) in [7, 11) is 1.90. The van der Waals surface area contributed by atoms with Crippen molar-refractivity contribution in [2.24, 2.45) is 0 Å². The Kier molecular flexibility index (Phi) is 5.22. The van der Waals surface area contributed by atoms with Gasteiger partial charge in [0.1, 0.15) is 5.75 Å². The lowest BCUT2D eigenvalue weighted by molar-refractivity contribution is -0.121. The Morgan fingerprint density at radius 2 is 2.26 bits per heavy atom. The van der Waals surface area contributed by atoms with Crippen LogP contribution in [0.2, 0.25) is 0 Å². The van der Waals surface area contributed by atoms with Crippen LogP contribution in [0.25, 0.3) is 0 Å². The summed E-state index contributed by atoms with van der Waals surface area (Å²) in [5, 5.41) is 6.06. The van der Waals surface area contributed by atoms with Gasteiger partial charge in [-0.2, -0.15) is 0 Å². The predicted molar refractivity (Wildman–Crippen MR) is 78.2 cm³/mol. The van der Waals surface area contributed by atoms with Crippen LogP contribution in [-0.2, 0) is 11.3 Å². The Hall–Kier alpha value is -1.07. The van der Waals surface area contributed by atoms with Crippen LogP contribution >= 0.6 is 15.9 Å². The minimum atomic E-state index is 0.0785. The van der Waals surface area contributed by atoms with Crippen molar-refractivity contribution in [3.05, 3.63) is 28.2 Å². The number of hydrogen-bond donors (Lipinski definition) is 2. The third-order valence-electron chi connectivity index (χ3n) is 2.92. The second-order valence-electron chi connectivity index (χ2n) is 4.72. The number of rotatable bonds is 7. The van der Waals surface area contributed by atoms with Crippen LogP contribution in [-0.4, -0.2) is 25.6 Å². The molecule has 1 aliphatic rings. The van der Waals surface area contributed by atoms with Crippen LogP contribution in [0, 0.1) is 0 Å². The monoisotopic (exact) mass is 326 g/mol. The molecule has 0 aromatic heterocycles. The molecule has 0 atom stereocenters. The first-order valence-corrected chi connectivity index (χ1v) is 7.33. The van der Waals surface area contributed by atoms with E-state index in [9.17, 15) is 4.79 Å². The summed E-state index contributed by atoms with van der Waals surface area (Å²) in [6, 6.07) is 6.31. The molecule has 1 saturated carbocycles. The second-order valence-corrected chi connectivity index (χ2v) is 5.64. The second kappa shape index (κ2) is 6.91. The molecule has 19 heavy (non-hydrogen) atoms. The molecule has 0 radical (unpaired) electrons. The number of carbonyl (C=O) groups excluding carboxylic acids is 1. The van der Waals surface area contributed by atoms with Crippen LogP contribution < -0.4 is 15.4 Å². The lowest BCUT2D eigenvalue weighted by Gasteiger charge is -2.12. The normalized spacial score (nSPS) is 14.2. The van der Waals surface area contributed by atoms with Gasteiger partial charge in [-0.15, -0.1) is 0 Å². The van der Waals surface area contributed by atoms with Gasteiger partial charge < -0.3 is 15.4 Å². The Morgan fingerprint density at radius 1 is 1.47 bits per heavy atom. The zero-order valence-corrected chi connectivity index (χ0v) is 12.6. The van der Waals surface area contributed by atoms with E-state index >= 15 is 0 Å². The molecule has 0 saturated heterocycles. The van der Waals surface area contributed by atoms with Crippen molar-refractivity contribution in [1.29, 1.82) is 0 Å². The standard InChI is InChI=1S/C14H19BrN2O2/c1-16-9-10-8-11(15)2-5-13(10)19-7-6-14(18)17-12-3-4-12/h2,5,8,12,16H,3-4,6-7,9H2,1H3,(H,17,18). The van der Waals surface area contributed by atoms with Crippen LogP contribution in [0.4, 0.5) is 0 Å². The van der Waals surface area contributed by atoms with Crippen molar-refractivity contribution in [3.63, 3.8) is 0 Å². The SMILES string of the molecule is CNCc1cc(Br)ccc1OCCC(=O)NC1CC1. The van der Waals surface area contributed by atoms with Crippen molar-refractivity contribution >= 4 is 21.8 Å². The minimum Gasteiger partial charge on any atom is -0.493 e. The molecular weight excluding hydrogens is 308 g/mol. The highest BCUT2D eigenvalue weighted by molar-refractivity contribution is 9.10. The molecule has 1 fully saturated rings. The third-order valence-corrected chi connectivity index (χ3v) is 3.41. The molecule has 1 aromatic rings. The number of halogens is 1. The van der Waals surface area contributed by atoms with Gasteiger partial charge >= 0.3 is 0 Å². The highest BCUT2D eigenvalue weighted by Gasteiger charge is 2.22. The zero-order chi connectivity index (χ0) is 13.7.